The summed E-state index contributed by atoms with van der Waals surface area (Å²) in [6.07, 6.45) is 0. The second kappa shape index (κ2) is 5.57. The molecule has 2 rings (SSSR count). The molecule has 0 saturated heterocycles. The molecule has 0 aliphatic rings. The topological polar surface area (TPSA) is 26.3 Å². The summed E-state index contributed by atoms with van der Waals surface area (Å²) in [5.41, 5.74) is 3.33. The fourth-order valence-electron chi connectivity index (χ4n) is 2.29. The SMILES string of the molecule is COc1cccc([S@@](=O)c2c(C)cc(C)cc2C)c1. The Labute approximate surface area is 116 Å². The molecule has 0 amide bonds. The highest BCUT2D eigenvalue weighted by molar-refractivity contribution is 7.85. The van der Waals surface area contributed by atoms with Gasteiger partial charge in [-0.1, -0.05) is 23.8 Å². The summed E-state index contributed by atoms with van der Waals surface area (Å²) < 4.78 is 17.9. The Morgan fingerprint density at radius 3 is 2.21 bits per heavy atom. The normalized spacial score (nSPS) is 12.2. The Bertz CT molecular complexity index is 609. The molecule has 0 fully saturated rings. The van der Waals surface area contributed by atoms with Crippen LogP contribution < -0.4 is 4.74 Å². The summed E-state index contributed by atoms with van der Waals surface area (Å²) >= 11 is 0. The van der Waals surface area contributed by atoms with Crippen LogP contribution in [0.4, 0.5) is 0 Å². The summed E-state index contributed by atoms with van der Waals surface area (Å²) in [7, 11) is 0.445. The predicted octanol–water partition coefficient (Wildman–Crippen LogP) is 3.79. The lowest BCUT2D eigenvalue weighted by molar-refractivity contribution is 0.413. The standard InChI is InChI=1S/C16H18O2S/c1-11-8-12(2)16(13(3)9-11)19(17)15-7-5-6-14(10-15)18-4/h5-10H,1-4H3/t19-/m1/s1. The van der Waals surface area contributed by atoms with Crippen molar-refractivity contribution in [2.24, 2.45) is 0 Å². The first-order valence-corrected chi connectivity index (χ1v) is 7.31. The molecule has 1 atom stereocenters. The number of benzene rings is 2. The minimum atomic E-state index is -1.17. The fourth-order valence-corrected chi connectivity index (χ4v) is 3.66. The zero-order chi connectivity index (χ0) is 14.0. The molecule has 0 N–H and O–H groups in total. The number of ether oxygens (including phenoxy) is 1. The molecule has 0 unspecified atom stereocenters. The molecule has 2 nitrogen and oxygen atoms in total. The molecule has 0 aliphatic heterocycles. The second-order valence-corrected chi connectivity index (χ2v) is 6.09. The van der Waals surface area contributed by atoms with Crippen molar-refractivity contribution in [1.82, 2.24) is 0 Å². The number of hydrogen-bond donors (Lipinski definition) is 0. The van der Waals surface area contributed by atoms with Gasteiger partial charge in [0, 0.05) is 9.79 Å². The van der Waals surface area contributed by atoms with Gasteiger partial charge in [-0.25, -0.2) is 4.21 Å². The Hall–Kier alpha value is -1.61. The largest absolute Gasteiger partial charge is 0.497 e. The second-order valence-electron chi connectivity index (χ2n) is 4.68. The third-order valence-electron chi connectivity index (χ3n) is 3.05. The van der Waals surface area contributed by atoms with Gasteiger partial charge in [0.25, 0.3) is 0 Å². The first-order valence-electron chi connectivity index (χ1n) is 6.16. The van der Waals surface area contributed by atoms with Crippen LogP contribution in [0.3, 0.4) is 0 Å². The summed E-state index contributed by atoms with van der Waals surface area (Å²) in [4.78, 5) is 1.67. The number of aryl methyl sites for hydroxylation is 3. The van der Waals surface area contributed by atoms with E-state index < -0.39 is 10.8 Å². The van der Waals surface area contributed by atoms with E-state index in [4.69, 9.17) is 4.74 Å². The van der Waals surface area contributed by atoms with Gasteiger partial charge in [-0.3, -0.25) is 0 Å². The average molecular weight is 274 g/mol. The van der Waals surface area contributed by atoms with Crippen LogP contribution in [-0.4, -0.2) is 11.3 Å². The molecule has 19 heavy (non-hydrogen) atoms. The molecule has 2 aromatic carbocycles. The third-order valence-corrected chi connectivity index (χ3v) is 4.74. The van der Waals surface area contributed by atoms with Crippen molar-refractivity contribution >= 4 is 10.8 Å². The molecular formula is C16H18O2S. The number of rotatable bonds is 3. The molecule has 0 bridgehead atoms. The van der Waals surface area contributed by atoms with Gasteiger partial charge in [0.15, 0.2) is 0 Å². The molecule has 0 heterocycles. The molecule has 0 aromatic heterocycles. The summed E-state index contributed by atoms with van der Waals surface area (Å²) in [6, 6.07) is 11.6. The van der Waals surface area contributed by atoms with Crippen molar-refractivity contribution in [2.45, 2.75) is 30.6 Å². The van der Waals surface area contributed by atoms with Gasteiger partial charge in [0.1, 0.15) is 5.75 Å². The van der Waals surface area contributed by atoms with Gasteiger partial charge in [-0.05, 0) is 50.1 Å². The van der Waals surface area contributed by atoms with E-state index in [-0.39, 0.29) is 0 Å². The molecule has 0 spiro atoms. The fraction of sp³-hybridized carbons (Fsp3) is 0.250. The van der Waals surface area contributed by atoms with E-state index in [9.17, 15) is 4.21 Å². The summed E-state index contributed by atoms with van der Waals surface area (Å²) in [6.45, 7) is 6.07. The van der Waals surface area contributed by atoms with Gasteiger partial charge >= 0.3 is 0 Å². The van der Waals surface area contributed by atoms with E-state index in [0.29, 0.717) is 0 Å². The Morgan fingerprint density at radius 2 is 1.63 bits per heavy atom. The molecule has 3 heteroatoms. The number of methoxy groups -OCH3 is 1. The van der Waals surface area contributed by atoms with Crippen LogP contribution in [0.5, 0.6) is 5.75 Å². The highest BCUT2D eigenvalue weighted by Gasteiger charge is 2.14. The van der Waals surface area contributed by atoms with Crippen LogP contribution in [0.15, 0.2) is 46.2 Å². The molecule has 2 aromatic rings. The van der Waals surface area contributed by atoms with Crippen molar-refractivity contribution in [3.63, 3.8) is 0 Å². The van der Waals surface area contributed by atoms with Crippen molar-refractivity contribution in [2.75, 3.05) is 7.11 Å². The van der Waals surface area contributed by atoms with Crippen LogP contribution in [0.2, 0.25) is 0 Å². The lowest BCUT2D eigenvalue weighted by Gasteiger charge is -2.11. The Kier molecular flexibility index (Phi) is 4.05. The van der Waals surface area contributed by atoms with Crippen LogP contribution >= 0.6 is 0 Å². The van der Waals surface area contributed by atoms with Gasteiger partial charge in [-0.2, -0.15) is 0 Å². The van der Waals surface area contributed by atoms with Gasteiger partial charge in [-0.15, -0.1) is 0 Å². The van der Waals surface area contributed by atoms with Gasteiger partial charge in [0.2, 0.25) is 0 Å². The maximum Gasteiger partial charge on any atom is 0.120 e. The maximum atomic E-state index is 12.7. The summed E-state index contributed by atoms with van der Waals surface area (Å²) in [5.74, 6) is 0.730. The minimum Gasteiger partial charge on any atom is -0.497 e. The van der Waals surface area contributed by atoms with Gasteiger partial charge < -0.3 is 4.74 Å². The molecule has 0 saturated carbocycles. The van der Waals surface area contributed by atoms with Crippen LogP contribution in [0.1, 0.15) is 16.7 Å². The Morgan fingerprint density at radius 1 is 1.00 bits per heavy atom. The first-order chi connectivity index (χ1) is 9.02. The van der Waals surface area contributed by atoms with Gasteiger partial charge in [0.05, 0.1) is 17.9 Å². The zero-order valence-electron chi connectivity index (χ0n) is 11.7. The highest BCUT2D eigenvalue weighted by Crippen LogP contribution is 2.26. The van der Waals surface area contributed by atoms with E-state index in [1.165, 1.54) is 5.56 Å². The predicted molar refractivity (Wildman–Crippen MR) is 78.3 cm³/mol. The maximum absolute atomic E-state index is 12.7. The van der Waals surface area contributed by atoms with E-state index in [0.717, 1.165) is 26.7 Å². The van der Waals surface area contributed by atoms with Crippen LogP contribution in [-0.2, 0) is 10.8 Å². The van der Waals surface area contributed by atoms with E-state index in [2.05, 4.69) is 19.1 Å². The molecule has 0 radical (unpaired) electrons. The summed E-state index contributed by atoms with van der Waals surface area (Å²) in [5, 5.41) is 0. The number of hydrogen-bond acceptors (Lipinski definition) is 2. The van der Waals surface area contributed by atoms with Crippen molar-refractivity contribution in [3.8, 4) is 5.75 Å². The van der Waals surface area contributed by atoms with E-state index in [1.807, 2.05) is 38.1 Å². The average Bonchev–Trinajstić information content (AvgIpc) is 2.37. The minimum absolute atomic E-state index is 0.730. The van der Waals surface area contributed by atoms with Crippen LogP contribution in [0.25, 0.3) is 0 Å². The first kappa shape index (κ1) is 13.8. The van der Waals surface area contributed by atoms with Crippen molar-refractivity contribution in [3.05, 3.63) is 53.1 Å². The smallest absolute Gasteiger partial charge is 0.120 e. The van der Waals surface area contributed by atoms with E-state index in [1.54, 1.807) is 7.11 Å². The lowest BCUT2D eigenvalue weighted by atomic mass is 10.1. The molecule has 0 aliphatic carbocycles. The van der Waals surface area contributed by atoms with Crippen molar-refractivity contribution in [1.29, 1.82) is 0 Å². The van der Waals surface area contributed by atoms with E-state index >= 15 is 0 Å². The van der Waals surface area contributed by atoms with Crippen LogP contribution in [0, 0.1) is 20.8 Å². The van der Waals surface area contributed by atoms with Crippen molar-refractivity contribution < 1.29 is 8.95 Å². The quantitative estimate of drug-likeness (QED) is 0.851. The molecular weight excluding hydrogens is 256 g/mol. The third kappa shape index (κ3) is 2.87. The Balaban J connectivity index is 2.50. The monoisotopic (exact) mass is 274 g/mol. The molecule has 100 valence electrons. The zero-order valence-corrected chi connectivity index (χ0v) is 12.5. The lowest BCUT2D eigenvalue weighted by Crippen LogP contribution is -2.00. The highest BCUT2D eigenvalue weighted by atomic mass is 32.2.